The largest absolute Gasteiger partial charge is 0.466 e. The summed E-state index contributed by atoms with van der Waals surface area (Å²) in [6.45, 7) is 65.4. The smallest absolute Gasteiger partial charge is 0.309 e. The van der Waals surface area contributed by atoms with E-state index < -0.39 is 18.3 Å². The van der Waals surface area contributed by atoms with Crippen LogP contribution in [0.5, 0.6) is 0 Å². The molecule has 20 heteroatoms. The first-order valence-corrected chi connectivity index (χ1v) is 31.4. The number of hydrogen-bond acceptors (Lipinski definition) is 20. The lowest BCUT2D eigenvalue weighted by Gasteiger charge is -2.19. The number of aliphatic hydroxyl groups is 3. The van der Waals surface area contributed by atoms with Crippen molar-refractivity contribution in [1.29, 1.82) is 0 Å². The van der Waals surface area contributed by atoms with Crippen LogP contribution in [0.15, 0.2) is 50.6 Å². The highest BCUT2D eigenvalue weighted by atomic mass is 32.1. The van der Waals surface area contributed by atoms with Crippen molar-refractivity contribution in [2.24, 2.45) is 43.8 Å². The van der Waals surface area contributed by atoms with Crippen molar-refractivity contribution in [3.8, 4) is 0 Å². The molecule has 1 rings (SSSR count). The average Bonchev–Trinajstić information content (AvgIpc) is 4.19. The van der Waals surface area contributed by atoms with Crippen LogP contribution in [0.1, 0.15) is 190 Å². The molecule has 1 saturated heterocycles. The van der Waals surface area contributed by atoms with E-state index in [1.165, 1.54) is 6.08 Å². The number of epoxide rings is 1. The lowest BCUT2D eigenvalue weighted by Crippen LogP contribution is -2.26. The van der Waals surface area contributed by atoms with Gasteiger partial charge in [0.25, 0.3) is 0 Å². The van der Waals surface area contributed by atoms with Crippen molar-refractivity contribution in [2.45, 2.75) is 215 Å². The Labute approximate surface area is 541 Å². The van der Waals surface area contributed by atoms with Gasteiger partial charge in [-0.15, -0.1) is 26.3 Å². The molecule has 88 heavy (non-hydrogen) atoms. The molecule has 0 amide bonds. The first-order valence-electron chi connectivity index (χ1n) is 30.7. The molecule has 1 aliphatic heterocycles. The number of carbonyl (C=O) groups excluding carboxylic acids is 4. The predicted octanol–water partition coefficient (Wildman–Crippen LogP) is 12.3. The highest BCUT2D eigenvalue weighted by molar-refractivity contribution is 7.80. The third kappa shape index (κ3) is 102. The number of ether oxygens (including phenoxy) is 10. The van der Waals surface area contributed by atoms with Crippen LogP contribution in [0, 0.1) is 37.9 Å². The summed E-state index contributed by atoms with van der Waals surface area (Å²) in [7, 11) is 0. The van der Waals surface area contributed by atoms with Crippen LogP contribution < -0.4 is 5.90 Å². The van der Waals surface area contributed by atoms with Gasteiger partial charge in [0.1, 0.15) is 37.6 Å². The van der Waals surface area contributed by atoms with Gasteiger partial charge >= 0.3 is 23.9 Å². The van der Waals surface area contributed by atoms with Crippen molar-refractivity contribution >= 4 is 36.5 Å². The van der Waals surface area contributed by atoms with E-state index in [1.807, 2.05) is 62.3 Å². The highest BCUT2D eigenvalue weighted by Crippen LogP contribution is 2.19. The van der Waals surface area contributed by atoms with Crippen LogP contribution in [-0.4, -0.2) is 175 Å². The molecule has 0 aromatic carbocycles. The van der Waals surface area contributed by atoms with E-state index in [-0.39, 0.29) is 114 Å². The minimum Gasteiger partial charge on any atom is -0.466 e. The van der Waals surface area contributed by atoms with Gasteiger partial charge in [0.2, 0.25) is 0 Å². The van der Waals surface area contributed by atoms with Crippen LogP contribution in [0.25, 0.3) is 0 Å². The fraction of sp³-hybridized carbons (Fsp3) is 0.824. The standard InChI is InChI=1S/C12H22O4.C11H22O4S.C11H20O2.C10H18O2.C8H19NO3.C8H16O2.C8H16O/c1-5-6-11(14)16-8-10(13)7-15-9-12(2,3)4;1-11(2,3)8-14-6-9(12)7-15-10(13)4-5-16;1-5-6-7-10(12)13-9-8-11(2,3)4;1-5-6-7-9(11)12-8-10(2,3)4;1-8(2,3)6-11-4-7(10)5-12-9;1-8(2,3)6-9-4-7-5-10-7;1-5-6-9-7-8(2,3)4/h5,10,13H,1,6-9H2,2-4H3;9,12,16H,4-8H2,1-3H3;5H,1,6-9H2,2-4H3;5H,1,6-8H2,2-4H3;7,10H,4-6,9H2,1-3H3;7H,4-6H2,1-3H3;5H,1,6-7H2,2-4H3. The van der Waals surface area contributed by atoms with Gasteiger partial charge in [0.05, 0.1) is 105 Å². The first-order chi connectivity index (χ1) is 40.2. The molecule has 0 aromatic heterocycles. The molecule has 0 aliphatic carbocycles. The number of thiol groups is 1. The summed E-state index contributed by atoms with van der Waals surface area (Å²) in [6, 6.07) is 0. The van der Waals surface area contributed by atoms with Crippen molar-refractivity contribution in [3.05, 3.63) is 50.6 Å². The summed E-state index contributed by atoms with van der Waals surface area (Å²) in [5, 5.41) is 28.0. The molecule has 0 spiro atoms. The zero-order chi connectivity index (χ0) is 69.7. The quantitative estimate of drug-likeness (QED) is 0.00763. The SMILES string of the molecule is C=CCC(=O)OCC(O)COCC(C)(C)C.C=CCCC(=O)OCC(C)(C)C.C=CCCC(=O)OCCC(C)(C)C.C=CCOCC(C)(C)C.CC(C)(C)COCC(O)COC(=O)CCS.CC(C)(C)COCC(O)CON.CC(C)(C)COCC1CO1. The molecule has 0 bridgehead atoms. The van der Waals surface area contributed by atoms with Gasteiger partial charge in [-0.05, 0) is 57.2 Å². The Morgan fingerprint density at radius 1 is 0.466 bits per heavy atom. The average molecular weight is 1280 g/mol. The van der Waals surface area contributed by atoms with E-state index in [1.54, 1.807) is 18.2 Å². The Morgan fingerprint density at radius 2 is 0.818 bits per heavy atom. The summed E-state index contributed by atoms with van der Waals surface area (Å²) in [4.78, 5) is 48.1. The predicted molar refractivity (Wildman–Crippen MR) is 359 cm³/mol. The Kier molecular flexibility index (Phi) is 60.3. The molecule has 1 fully saturated rings. The summed E-state index contributed by atoms with van der Waals surface area (Å²) < 4.78 is 51.1. The number of carbonyl (C=O) groups is 4. The maximum absolute atomic E-state index is 11.0. The molecule has 524 valence electrons. The lowest BCUT2D eigenvalue weighted by atomic mass is 9.93. The van der Waals surface area contributed by atoms with Crippen molar-refractivity contribution < 1.29 is 86.7 Å². The second-order valence-corrected chi connectivity index (χ2v) is 30.1. The Hall–Kier alpha value is -3.25. The molecule has 5 N–H and O–H groups in total. The van der Waals surface area contributed by atoms with E-state index in [0.717, 1.165) is 32.8 Å². The van der Waals surface area contributed by atoms with Gasteiger partial charge < -0.3 is 67.5 Å². The minimum absolute atomic E-state index is 0.0171. The maximum Gasteiger partial charge on any atom is 0.309 e. The molecule has 1 heterocycles. The summed E-state index contributed by atoms with van der Waals surface area (Å²) >= 11 is 3.90. The monoisotopic (exact) mass is 1280 g/mol. The minimum atomic E-state index is -0.767. The number of esters is 4. The summed E-state index contributed by atoms with van der Waals surface area (Å²) in [5.41, 5.74) is 1.13. The van der Waals surface area contributed by atoms with E-state index >= 15 is 0 Å². The van der Waals surface area contributed by atoms with Crippen LogP contribution in [0.4, 0.5) is 0 Å². The van der Waals surface area contributed by atoms with Crippen LogP contribution in [0.3, 0.4) is 0 Å². The third-order valence-electron chi connectivity index (χ3n) is 9.22. The second-order valence-electron chi connectivity index (χ2n) is 29.7. The summed E-state index contributed by atoms with van der Waals surface area (Å²) in [6.07, 6.45) is 8.56. The highest BCUT2D eigenvalue weighted by Gasteiger charge is 2.23. The fourth-order valence-electron chi connectivity index (χ4n) is 4.94. The van der Waals surface area contributed by atoms with E-state index in [9.17, 15) is 29.4 Å². The molecule has 0 aromatic rings. The van der Waals surface area contributed by atoms with Crippen LogP contribution in [0.2, 0.25) is 0 Å². The number of hydrogen-bond donors (Lipinski definition) is 5. The van der Waals surface area contributed by atoms with E-state index in [4.69, 9.17) is 58.4 Å². The molecular formula is C68H133NO18S. The van der Waals surface area contributed by atoms with Gasteiger partial charge in [-0.3, -0.25) is 19.2 Å². The molecule has 0 radical (unpaired) electrons. The number of nitrogens with two attached hydrogens (primary N) is 1. The lowest BCUT2D eigenvalue weighted by molar-refractivity contribution is -0.148. The van der Waals surface area contributed by atoms with Crippen molar-refractivity contribution in [2.75, 3.05) is 111 Å². The normalized spacial score (nSPS) is 14.0. The van der Waals surface area contributed by atoms with Gasteiger partial charge in [-0.2, -0.15) is 12.6 Å². The van der Waals surface area contributed by atoms with Crippen LogP contribution >= 0.6 is 12.6 Å². The molecule has 0 saturated carbocycles. The van der Waals surface area contributed by atoms with Crippen molar-refractivity contribution in [3.63, 3.8) is 0 Å². The zero-order valence-electron chi connectivity index (χ0n) is 59.4. The van der Waals surface area contributed by atoms with Crippen LogP contribution in [-0.2, 0) is 71.4 Å². The maximum atomic E-state index is 11.0. The number of allylic oxidation sites excluding steroid dienone is 2. The topological polar surface area (TPSA) is 260 Å². The molecule has 4 unspecified atom stereocenters. The Bertz CT molecular complexity index is 1730. The number of aliphatic hydroxyl groups excluding tert-OH is 3. The molecule has 19 nitrogen and oxygen atoms in total. The third-order valence-corrected chi connectivity index (χ3v) is 9.45. The van der Waals surface area contributed by atoms with Gasteiger partial charge in [-0.25, -0.2) is 5.90 Å². The Balaban J connectivity index is -0.000000225. The second kappa shape index (κ2) is 55.4. The van der Waals surface area contributed by atoms with Gasteiger partial charge in [0, 0.05) is 18.6 Å². The molecule has 1 aliphatic rings. The van der Waals surface area contributed by atoms with Gasteiger partial charge in [0.15, 0.2) is 0 Å². The van der Waals surface area contributed by atoms with E-state index in [2.05, 4.69) is 127 Å². The van der Waals surface area contributed by atoms with E-state index in [0.29, 0.717) is 77.2 Å². The molecule has 4 atom stereocenters. The zero-order valence-corrected chi connectivity index (χ0v) is 60.3. The number of rotatable bonds is 34. The fourth-order valence-corrected chi connectivity index (χ4v) is 5.12. The van der Waals surface area contributed by atoms with Gasteiger partial charge in [-0.1, -0.05) is 170 Å². The Morgan fingerprint density at radius 3 is 1.15 bits per heavy atom. The molecular weight excluding hydrogens is 1150 g/mol. The summed E-state index contributed by atoms with van der Waals surface area (Å²) in [5.74, 6) is 4.24. The van der Waals surface area contributed by atoms with Crippen molar-refractivity contribution in [1.82, 2.24) is 0 Å². The first kappa shape index (κ1) is 95.9.